The molecule has 2 aromatic carbocycles. The van der Waals surface area contributed by atoms with Crippen molar-refractivity contribution in [1.82, 2.24) is 0 Å². The summed E-state index contributed by atoms with van der Waals surface area (Å²) in [5.41, 5.74) is 5.81. The number of hydrogen-bond donors (Lipinski definition) is 0. The van der Waals surface area contributed by atoms with Crippen LogP contribution in [0.1, 0.15) is 29.5 Å². The summed E-state index contributed by atoms with van der Waals surface area (Å²) >= 11 is -1.85. The van der Waals surface area contributed by atoms with Gasteiger partial charge in [0.2, 0.25) is 0 Å². The van der Waals surface area contributed by atoms with Crippen LogP contribution in [0.15, 0.2) is 60.7 Å². The van der Waals surface area contributed by atoms with E-state index in [2.05, 4.69) is 72.8 Å². The van der Waals surface area contributed by atoms with Gasteiger partial charge in [-0.15, -0.1) is 0 Å². The average molecular weight is 336 g/mol. The van der Waals surface area contributed by atoms with Crippen LogP contribution in [-0.4, -0.2) is 4.21 Å². The van der Waals surface area contributed by atoms with E-state index in [1.54, 1.807) is 0 Å². The molecule has 0 saturated carbocycles. The zero-order chi connectivity index (χ0) is 13.5. The molecule has 2 aromatic rings. The fraction of sp³-hybridized carbons (Fsp3) is 0.105. The van der Waals surface area contributed by atoms with E-state index in [0.29, 0.717) is 7.25 Å². The van der Waals surface area contributed by atoms with Crippen molar-refractivity contribution in [3.05, 3.63) is 82.9 Å². The molecule has 2 aliphatic rings. The molecule has 0 saturated heterocycles. The van der Waals surface area contributed by atoms with Crippen LogP contribution in [-0.2, 0) is 21.3 Å². The van der Waals surface area contributed by atoms with Gasteiger partial charge in [0, 0.05) is 0 Å². The fourth-order valence-electron chi connectivity index (χ4n) is 3.34. The Labute approximate surface area is 127 Å². The van der Waals surface area contributed by atoms with Crippen molar-refractivity contribution in [2.45, 2.75) is 7.25 Å². The maximum absolute atomic E-state index is 4.69. The predicted octanol–water partition coefficient (Wildman–Crippen LogP) is 4.57. The molecule has 4 rings (SSSR count). The first-order valence-electron chi connectivity index (χ1n) is 7.07. The summed E-state index contributed by atoms with van der Waals surface area (Å²) in [7, 11) is 0. The summed E-state index contributed by atoms with van der Waals surface area (Å²) in [4.78, 5) is 0. The van der Waals surface area contributed by atoms with E-state index in [0.717, 1.165) is 0 Å². The van der Waals surface area contributed by atoms with E-state index in [1.807, 2.05) is 0 Å². The van der Waals surface area contributed by atoms with Gasteiger partial charge in [-0.3, -0.25) is 0 Å². The number of fused-ring (bicyclic) bond motifs is 2. The Morgan fingerprint density at radius 2 is 1.15 bits per heavy atom. The second kappa shape index (κ2) is 4.90. The van der Waals surface area contributed by atoms with Crippen molar-refractivity contribution in [2.75, 3.05) is 0 Å². The van der Waals surface area contributed by atoms with Crippen molar-refractivity contribution >= 4 is 16.4 Å². The summed E-state index contributed by atoms with van der Waals surface area (Å²) < 4.78 is 5.93. The number of rotatable bonds is 2. The molecule has 0 aromatic heterocycles. The standard InChI is InChI=1S/2C9H7.CH2.Zr/c2*1-2-5-9-7-3-6-8(9)4-1;;/h2*1-7H;1H2;. The van der Waals surface area contributed by atoms with E-state index in [-0.39, 0.29) is 0 Å². The molecule has 2 aliphatic carbocycles. The van der Waals surface area contributed by atoms with Gasteiger partial charge in [-0.25, -0.2) is 0 Å². The minimum absolute atomic E-state index is 0.620. The third-order valence-corrected chi connectivity index (χ3v) is 10.8. The molecule has 0 nitrogen and oxygen atoms in total. The van der Waals surface area contributed by atoms with Gasteiger partial charge in [0.05, 0.1) is 0 Å². The SMILES string of the molecule is [CH2]=[Zr]([CH]1C=Cc2ccccc21)[CH]1C=Cc2ccccc21. The molecule has 0 fully saturated rings. The molecule has 0 amide bonds. The van der Waals surface area contributed by atoms with Gasteiger partial charge in [-0.1, -0.05) is 0 Å². The van der Waals surface area contributed by atoms with Crippen LogP contribution in [0, 0.1) is 0 Å². The second-order valence-corrected chi connectivity index (χ2v) is 11.4. The van der Waals surface area contributed by atoms with E-state index in [1.165, 1.54) is 22.3 Å². The van der Waals surface area contributed by atoms with Gasteiger partial charge in [0.1, 0.15) is 0 Å². The monoisotopic (exact) mass is 334 g/mol. The van der Waals surface area contributed by atoms with Crippen LogP contribution in [0.4, 0.5) is 0 Å². The molecular weight excluding hydrogens is 319 g/mol. The van der Waals surface area contributed by atoms with E-state index < -0.39 is 21.3 Å². The molecule has 2 unspecified atom stereocenters. The van der Waals surface area contributed by atoms with Crippen molar-refractivity contribution in [3.63, 3.8) is 0 Å². The van der Waals surface area contributed by atoms with Crippen LogP contribution in [0.5, 0.6) is 0 Å². The fourth-order valence-corrected chi connectivity index (χ4v) is 9.23. The maximum atomic E-state index is 4.69. The zero-order valence-electron chi connectivity index (χ0n) is 11.3. The number of benzene rings is 2. The van der Waals surface area contributed by atoms with Crippen molar-refractivity contribution < 1.29 is 21.3 Å². The first kappa shape index (κ1) is 12.4. The second-order valence-electron chi connectivity index (χ2n) is 5.51. The number of allylic oxidation sites excluding steroid dienone is 2. The normalized spacial score (nSPS) is 21.8. The number of hydrogen-bond acceptors (Lipinski definition) is 0. The summed E-state index contributed by atoms with van der Waals surface area (Å²) in [6.07, 6.45) is 9.38. The Hall–Kier alpha value is -1.33. The molecule has 0 heterocycles. The quantitative estimate of drug-likeness (QED) is 0.754. The Balaban J connectivity index is 1.71. The summed E-state index contributed by atoms with van der Waals surface area (Å²) in [5.74, 6) is 0. The van der Waals surface area contributed by atoms with Crippen LogP contribution in [0.3, 0.4) is 0 Å². The molecule has 2 atom stereocenters. The molecule has 20 heavy (non-hydrogen) atoms. The molecule has 0 aliphatic heterocycles. The molecular formula is C19H16Zr. The molecule has 0 N–H and O–H groups in total. The molecule has 0 spiro atoms. The third kappa shape index (κ3) is 1.88. The van der Waals surface area contributed by atoms with Gasteiger partial charge in [0.15, 0.2) is 0 Å². The minimum atomic E-state index is -1.85. The van der Waals surface area contributed by atoms with E-state index in [4.69, 9.17) is 4.21 Å². The van der Waals surface area contributed by atoms with Gasteiger partial charge < -0.3 is 0 Å². The zero-order valence-corrected chi connectivity index (χ0v) is 13.7. The van der Waals surface area contributed by atoms with Crippen LogP contribution >= 0.6 is 0 Å². The molecule has 1 heteroatoms. The third-order valence-electron chi connectivity index (χ3n) is 4.40. The van der Waals surface area contributed by atoms with Crippen molar-refractivity contribution in [2.24, 2.45) is 0 Å². The Morgan fingerprint density at radius 3 is 1.65 bits per heavy atom. The average Bonchev–Trinajstić information content (AvgIpc) is 3.11. The van der Waals surface area contributed by atoms with Crippen LogP contribution in [0.25, 0.3) is 12.2 Å². The molecule has 96 valence electrons. The Bertz CT molecular complexity index is 688. The Kier molecular flexibility index (Phi) is 3.04. The van der Waals surface area contributed by atoms with Crippen molar-refractivity contribution in [1.29, 1.82) is 0 Å². The summed E-state index contributed by atoms with van der Waals surface area (Å²) in [6, 6.07) is 17.6. The van der Waals surface area contributed by atoms with Gasteiger partial charge in [-0.2, -0.15) is 0 Å². The Morgan fingerprint density at radius 1 is 0.700 bits per heavy atom. The van der Waals surface area contributed by atoms with E-state index >= 15 is 0 Å². The van der Waals surface area contributed by atoms with Crippen LogP contribution in [0.2, 0.25) is 0 Å². The topological polar surface area (TPSA) is 0 Å². The van der Waals surface area contributed by atoms with Gasteiger partial charge in [0.25, 0.3) is 0 Å². The first-order valence-corrected chi connectivity index (χ1v) is 11.7. The van der Waals surface area contributed by atoms with Crippen LogP contribution < -0.4 is 0 Å². The summed E-state index contributed by atoms with van der Waals surface area (Å²) in [6.45, 7) is 0. The molecule has 0 radical (unpaired) electrons. The first-order chi connectivity index (χ1) is 9.84. The van der Waals surface area contributed by atoms with Gasteiger partial charge >= 0.3 is 128 Å². The molecule has 0 bridgehead atoms. The van der Waals surface area contributed by atoms with E-state index in [9.17, 15) is 0 Å². The van der Waals surface area contributed by atoms with Crippen molar-refractivity contribution in [3.8, 4) is 0 Å². The summed E-state index contributed by atoms with van der Waals surface area (Å²) in [5, 5.41) is 0. The van der Waals surface area contributed by atoms with Gasteiger partial charge in [-0.05, 0) is 0 Å². The predicted molar refractivity (Wildman–Crippen MR) is 83.6 cm³/mol.